The Morgan fingerprint density at radius 1 is 1.29 bits per heavy atom. The summed E-state index contributed by atoms with van der Waals surface area (Å²) in [6.45, 7) is 5.44. The fourth-order valence-electron chi connectivity index (χ4n) is 3.36. The number of nitrogens with zero attached hydrogens (tertiary/aromatic N) is 4. The van der Waals surface area contributed by atoms with Crippen LogP contribution < -0.4 is 5.32 Å². The van der Waals surface area contributed by atoms with Crippen molar-refractivity contribution in [2.45, 2.75) is 32.9 Å². The molecular weight excluding hydrogens is 354 g/mol. The van der Waals surface area contributed by atoms with Gasteiger partial charge in [-0.25, -0.2) is 9.78 Å². The van der Waals surface area contributed by atoms with Crippen molar-refractivity contribution in [3.63, 3.8) is 0 Å². The highest BCUT2D eigenvalue weighted by Crippen LogP contribution is 2.23. The minimum atomic E-state index is -0.277. The number of imidazole rings is 1. The second-order valence-corrected chi connectivity index (χ2v) is 6.60. The molecular formula is C21H27N5O2. The van der Waals surface area contributed by atoms with E-state index in [4.69, 9.17) is 9.72 Å². The number of benzene rings is 1. The Bertz CT molecular complexity index is 939. The van der Waals surface area contributed by atoms with E-state index in [0.29, 0.717) is 12.3 Å². The van der Waals surface area contributed by atoms with Crippen molar-refractivity contribution >= 4 is 22.8 Å². The number of urea groups is 1. The smallest absolute Gasteiger partial charge is 0.322 e. The molecule has 148 valence electrons. The van der Waals surface area contributed by atoms with E-state index in [-0.39, 0.29) is 12.1 Å². The second kappa shape index (κ2) is 8.84. The third-order valence-electron chi connectivity index (χ3n) is 4.85. The highest BCUT2D eigenvalue weighted by atomic mass is 16.5. The van der Waals surface area contributed by atoms with Crippen LogP contribution in [0.4, 0.5) is 10.5 Å². The van der Waals surface area contributed by atoms with E-state index in [1.807, 2.05) is 36.4 Å². The third kappa shape index (κ3) is 3.99. The minimum absolute atomic E-state index is 0.224. The maximum absolute atomic E-state index is 12.8. The number of amides is 2. The average Bonchev–Trinajstić information content (AvgIpc) is 3.09. The van der Waals surface area contributed by atoms with Gasteiger partial charge in [-0.2, -0.15) is 0 Å². The summed E-state index contributed by atoms with van der Waals surface area (Å²) in [5, 5.41) is 2.96. The lowest BCUT2D eigenvalue weighted by molar-refractivity contribution is 0.119. The number of aryl methyl sites for hydroxylation is 2. The van der Waals surface area contributed by atoms with Crippen molar-refractivity contribution in [1.82, 2.24) is 19.4 Å². The first kappa shape index (κ1) is 19.8. The first-order valence-electron chi connectivity index (χ1n) is 9.51. The highest BCUT2D eigenvalue weighted by molar-refractivity contribution is 5.92. The summed E-state index contributed by atoms with van der Waals surface area (Å²) in [4.78, 5) is 23.5. The van der Waals surface area contributed by atoms with Crippen LogP contribution in [0.3, 0.4) is 0 Å². The van der Waals surface area contributed by atoms with E-state index < -0.39 is 0 Å². The largest absolute Gasteiger partial charge is 0.382 e. The molecule has 0 saturated heterocycles. The molecule has 0 aliphatic carbocycles. The van der Waals surface area contributed by atoms with Crippen LogP contribution in [-0.4, -0.2) is 46.2 Å². The molecule has 1 unspecified atom stereocenters. The Morgan fingerprint density at radius 2 is 2.11 bits per heavy atom. The number of carbonyl (C=O) groups excluding carboxylic acids is 1. The summed E-state index contributed by atoms with van der Waals surface area (Å²) in [5.41, 5.74) is 3.46. The number of hydrogen-bond donors (Lipinski definition) is 1. The molecule has 3 rings (SSSR count). The van der Waals surface area contributed by atoms with Gasteiger partial charge in [-0.15, -0.1) is 0 Å². The SMILES string of the molecule is CCc1nc2cc(NC(=O)N(C)C(COC)c3ccccn3)ccc2n1CC. The lowest BCUT2D eigenvalue weighted by Gasteiger charge is -2.27. The summed E-state index contributed by atoms with van der Waals surface area (Å²) >= 11 is 0. The molecule has 0 fully saturated rings. The molecule has 2 amide bonds. The van der Waals surface area contributed by atoms with Gasteiger partial charge in [0.1, 0.15) is 5.82 Å². The monoisotopic (exact) mass is 381 g/mol. The number of hydrogen-bond acceptors (Lipinski definition) is 4. The fourth-order valence-corrected chi connectivity index (χ4v) is 3.36. The van der Waals surface area contributed by atoms with E-state index in [2.05, 4.69) is 28.7 Å². The number of anilines is 1. The van der Waals surface area contributed by atoms with Gasteiger partial charge in [-0.1, -0.05) is 13.0 Å². The Morgan fingerprint density at radius 3 is 2.75 bits per heavy atom. The Hall–Kier alpha value is -2.93. The molecule has 0 bridgehead atoms. The van der Waals surface area contributed by atoms with E-state index >= 15 is 0 Å². The molecule has 0 aliphatic heterocycles. The number of carbonyl (C=O) groups is 1. The summed E-state index contributed by atoms with van der Waals surface area (Å²) in [6, 6.07) is 11.0. The predicted molar refractivity (Wildman–Crippen MR) is 110 cm³/mol. The van der Waals surface area contributed by atoms with Gasteiger partial charge in [-0.05, 0) is 37.3 Å². The molecule has 2 heterocycles. The fraction of sp³-hybridized carbons (Fsp3) is 0.381. The molecule has 0 spiro atoms. The zero-order valence-electron chi connectivity index (χ0n) is 16.8. The first-order valence-corrected chi connectivity index (χ1v) is 9.51. The van der Waals surface area contributed by atoms with Crippen molar-refractivity contribution in [1.29, 1.82) is 0 Å². The Labute approximate surface area is 165 Å². The topological polar surface area (TPSA) is 72.3 Å². The highest BCUT2D eigenvalue weighted by Gasteiger charge is 2.23. The van der Waals surface area contributed by atoms with Gasteiger partial charge in [0, 0.05) is 39.0 Å². The van der Waals surface area contributed by atoms with Crippen LogP contribution in [0, 0.1) is 0 Å². The maximum atomic E-state index is 12.8. The van der Waals surface area contributed by atoms with Gasteiger partial charge < -0.3 is 19.5 Å². The van der Waals surface area contributed by atoms with Crippen LogP contribution in [0.15, 0.2) is 42.6 Å². The van der Waals surface area contributed by atoms with Crippen LogP contribution in [0.1, 0.15) is 31.4 Å². The van der Waals surface area contributed by atoms with E-state index in [9.17, 15) is 4.79 Å². The number of fused-ring (bicyclic) bond motifs is 1. The molecule has 1 atom stereocenters. The molecule has 0 saturated carbocycles. The predicted octanol–water partition coefficient (Wildman–Crippen LogP) is 3.87. The second-order valence-electron chi connectivity index (χ2n) is 6.60. The standard InChI is InChI=1S/C21H27N5O2/c1-5-20-24-17-13-15(10-11-18(17)26(20)6-2)23-21(27)25(3)19(14-28-4)16-9-7-8-12-22-16/h7-13,19H,5-6,14H2,1-4H3,(H,23,27). The van der Waals surface area contributed by atoms with E-state index in [1.54, 1.807) is 25.3 Å². The zero-order valence-corrected chi connectivity index (χ0v) is 16.8. The quantitative estimate of drug-likeness (QED) is 0.674. The van der Waals surface area contributed by atoms with Crippen molar-refractivity contribution in [2.24, 2.45) is 0 Å². The summed E-state index contributed by atoms with van der Waals surface area (Å²) in [7, 11) is 3.36. The lowest BCUT2D eigenvalue weighted by atomic mass is 10.2. The van der Waals surface area contributed by atoms with Crippen LogP contribution in [0.5, 0.6) is 0 Å². The van der Waals surface area contributed by atoms with Crippen molar-refractivity contribution in [3.8, 4) is 0 Å². The number of methoxy groups -OCH3 is 1. The minimum Gasteiger partial charge on any atom is -0.382 e. The molecule has 2 aromatic heterocycles. The number of rotatable bonds is 7. The number of pyridine rings is 1. The van der Waals surface area contributed by atoms with Gasteiger partial charge in [0.05, 0.1) is 29.4 Å². The number of likely N-dealkylation sites (N-methyl/N-ethyl adjacent to an activating group) is 1. The van der Waals surface area contributed by atoms with Gasteiger partial charge in [0.15, 0.2) is 0 Å². The Kier molecular flexibility index (Phi) is 6.26. The van der Waals surface area contributed by atoms with E-state index in [0.717, 1.165) is 35.5 Å². The summed E-state index contributed by atoms with van der Waals surface area (Å²) in [5.74, 6) is 1.05. The number of ether oxygens (including phenoxy) is 1. The van der Waals surface area contributed by atoms with Crippen LogP contribution in [0.25, 0.3) is 11.0 Å². The molecule has 0 radical (unpaired) electrons. The van der Waals surface area contributed by atoms with Crippen LogP contribution in [0.2, 0.25) is 0 Å². The average molecular weight is 381 g/mol. The molecule has 0 aliphatic rings. The van der Waals surface area contributed by atoms with Crippen molar-refractivity contribution < 1.29 is 9.53 Å². The molecule has 7 nitrogen and oxygen atoms in total. The van der Waals surface area contributed by atoms with E-state index in [1.165, 1.54) is 0 Å². The zero-order chi connectivity index (χ0) is 20.1. The number of nitrogens with one attached hydrogen (secondary N) is 1. The van der Waals surface area contributed by atoms with Gasteiger partial charge >= 0.3 is 6.03 Å². The maximum Gasteiger partial charge on any atom is 0.322 e. The molecule has 1 N–H and O–H groups in total. The molecule has 3 aromatic rings. The first-order chi connectivity index (χ1) is 13.6. The molecule has 7 heteroatoms. The molecule has 1 aromatic carbocycles. The van der Waals surface area contributed by atoms with Crippen molar-refractivity contribution in [3.05, 3.63) is 54.1 Å². The molecule has 28 heavy (non-hydrogen) atoms. The lowest BCUT2D eigenvalue weighted by Crippen LogP contribution is -2.37. The summed E-state index contributed by atoms with van der Waals surface area (Å²) in [6.07, 6.45) is 2.59. The van der Waals surface area contributed by atoms with Crippen LogP contribution >= 0.6 is 0 Å². The van der Waals surface area contributed by atoms with Gasteiger partial charge in [-0.3, -0.25) is 4.98 Å². The van der Waals surface area contributed by atoms with Crippen molar-refractivity contribution in [2.75, 3.05) is 26.1 Å². The summed E-state index contributed by atoms with van der Waals surface area (Å²) < 4.78 is 7.50. The number of aromatic nitrogens is 3. The Balaban J connectivity index is 1.81. The van der Waals surface area contributed by atoms with Gasteiger partial charge in [0.25, 0.3) is 0 Å². The van der Waals surface area contributed by atoms with Gasteiger partial charge in [0.2, 0.25) is 0 Å². The van der Waals surface area contributed by atoms with Crippen LogP contribution in [-0.2, 0) is 17.7 Å². The normalized spacial score (nSPS) is 12.1. The third-order valence-corrected chi connectivity index (χ3v) is 4.85.